The van der Waals surface area contributed by atoms with Gasteiger partial charge in [-0.1, -0.05) is 108 Å². The molecule has 9 aromatic carbocycles. The van der Waals surface area contributed by atoms with Crippen LogP contribution in [-0.2, 0) is 0 Å². The van der Waals surface area contributed by atoms with Crippen LogP contribution in [0.5, 0.6) is 0 Å². The zero-order chi connectivity index (χ0) is 42.3. The van der Waals surface area contributed by atoms with E-state index in [1.54, 1.807) is 6.07 Å². The van der Waals surface area contributed by atoms with E-state index in [1.165, 1.54) is 21.5 Å². The Morgan fingerprint density at radius 1 is 0.429 bits per heavy atom. The SMILES string of the molecule is OB(O)c1cc2ccc(N(c3ccccc3)c3cccc(-c4ccc(-n5c6cc(Cl)ccc6c6c7ccc8c(c7ccc65)c5ccc(Cl)cc5n8-c5ccccc5)cc4)c3)cc2o1. The molecule has 0 unspecified atom stereocenters. The van der Waals surface area contributed by atoms with Gasteiger partial charge in [0.2, 0.25) is 0 Å². The average molecular weight is 855 g/mol. The molecule has 0 amide bonds. The summed E-state index contributed by atoms with van der Waals surface area (Å²) in [5.41, 5.74) is 12.0. The molecule has 9 heteroatoms. The van der Waals surface area contributed by atoms with Crippen molar-refractivity contribution in [2.24, 2.45) is 0 Å². The zero-order valence-corrected chi connectivity index (χ0v) is 35.0. The molecule has 0 aliphatic rings. The van der Waals surface area contributed by atoms with E-state index < -0.39 is 7.12 Å². The molecule has 0 saturated heterocycles. The minimum Gasteiger partial charge on any atom is -0.465 e. The molecule has 300 valence electrons. The second-order valence-electron chi connectivity index (χ2n) is 15.9. The molecule has 0 radical (unpaired) electrons. The molecular weight excluding hydrogens is 820 g/mol. The topological polar surface area (TPSA) is 66.7 Å². The van der Waals surface area contributed by atoms with Crippen LogP contribution in [-0.4, -0.2) is 26.3 Å². The van der Waals surface area contributed by atoms with Crippen LogP contribution >= 0.6 is 23.2 Å². The second-order valence-corrected chi connectivity index (χ2v) is 16.7. The van der Waals surface area contributed by atoms with Crippen molar-refractivity contribution in [1.29, 1.82) is 0 Å². The van der Waals surface area contributed by atoms with E-state index in [1.807, 2.05) is 54.6 Å². The van der Waals surface area contributed by atoms with Crippen LogP contribution in [0.25, 0.3) is 87.9 Å². The molecule has 3 heterocycles. The van der Waals surface area contributed by atoms with Crippen molar-refractivity contribution in [3.8, 4) is 22.5 Å². The summed E-state index contributed by atoms with van der Waals surface area (Å²) in [6, 6.07) is 66.7. The molecule has 0 spiro atoms. The molecule has 0 aliphatic carbocycles. The van der Waals surface area contributed by atoms with Gasteiger partial charge in [-0.15, -0.1) is 0 Å². The first-order chi connectivity index (χ1) is 30.9. The highest BCUT2D eigenvalue weighted by molar-refractivity contribution is 6.57. The number of halogens is 2. The van der Waals surface area contributed by atoms with Crippen molar-refractivity contribution in [1.82, 2.24) is 9.13 Å². The van der Waals surface area contributed by atoms with Gasteiger partial charge in [-0.05, 0) is 125 Å². The molecule has 12 aromatic rings. The number of hydrogen-bond acceptors (Lipinski definition) is 4. The Bertz CT molecular complexity index is 3750. The van der Waals surface area contributed by atoms with Crippen LogP contribution in [0, 0.1) is 0 Å². The summed E-state index contributed by atoms with van der Waals surface area (Å²) >= 11 is 13.4. The van der Waals surface area contributed by atoms with Crippen LogP contribution < -0.4 is 10.6 Å². The highest BCUT2D eigenvalue weighted by atomic mass is 35.5. The number of nitrogens with zero attached hydrogens (tertiary/aromatic N) is 3. The molecule has 0 aliphatic heterocycles. The summed E-state index contributed by atoms with van der Waals surface area (Å²) < 4.78 is 10.4. The zero-order valence-electron chi connectivity index (χ0n) is 33.5. The Labute approximate surface area is 371 Å². The number of furan rings is 1. The second kappa shape index (κ2) is 14.7. The number of rotatable bonds is 7. The Morgan fingerprint density at radius 3 is 1.60 bits per heavy atom. The Morgan fingerprint density at radius 2 is 0.984 bits per heavy atom. The first-order valence-corrected chi connectivity index (χ1v) is 21.4. The quantitative estimate of drug-likeness (QED) is 0.157. The minimum atomic E-state index is -1.69. The van der Waals surface area contributed by atoms with Crippen molar-refractivity contribution < 1.29 is 14.5 Å². The summed E-state index contributed by atoms with van der Waals surface area (Å²) in [5.74, 6) is 0. The van der Waals surface area contributed by atoms with Gasteiger partial charge in [0.05, 0.1) is 22.1 Å². The normalized spacial score (nSPS) is 11.8. The summed E-state index contributed by atoms with van der Waals surface area (Å²) in [6.07, 6.45) is 0. The van der Waals surface area contributed by atoms with E-state index in [9.17, 15) is 10.0 Å². The van der Waals surface area contributed by atoms with Gasteiger partial charge in [-0.2, -0.15) is 0 Å². The van der Waals surface area contributed by atoms with E-state index in [0.717, 1.165) is 77.8 Å². The lowest BCUT2D eigenvalue weighted by molar-refractivity contribution is 0.412. The molecule has 2 N–H and O–H groups in total. The van der Waals surface area contributed by atoms with E-state index in [0.29, 0.717) is 15.6 Å². The maximum Gasteiger partial charge on any atom is 0.526 e. The molecule has 0 atom stereocenters. The molecule has 6 nitrogen and oxygen atoms in total. The van der Waals surface area contributed by atoms with Crippen molar-refractivity contribution in [3.05, 3.63) is 204 Å². The molecule has 63 heavy (non-hydrogen) atoms. The van der Waals surface area contributed by atoms with Gasteiger partial charge < -0.3 is 28.5 Å². The summed E-state index contributed by atoms with van der Waals surface area (Å²) in [6.45, 7) is 0. The number of hydrogen-bond donors (Lipinski definition) is 2. The van der Waals surface area contributed by atoms with Gasteiger partial charge in [0.25, 0.3) is 0 Å². The first kappa shape index (κ1) is 37.5. The Balaban J connectivity index is 0.980. The fourth-order valence-corrected chi connectivity index (χ4v) is 9.81. The number of anilines is 3. The van der Waals surface area contributed by atoms with E-state index >= 15 is 0 Å². The predicted octanol–water partition coefficient (Wildman–Crippen LogP) is 13.9. The Kier molecular flexibility index (Phi) is 8.75. The fraction of sp³-hybridized carbons (Fsp3) is 0. The summed E-state index contributed by atoms with van der Waals surface area (Å²) in [7, 11) is -1.69. The molecular formula is C54H34BCl2N3O3. The van der Waals surface area contributed by atoms with E-state index in [-0.39, 0.29) is 5.66 Å². The monoisotopic (exact) mass is 853 g/mol. The van der Waals surface area contributed by atoms with Crippen molar-refractivity contribution in [3.63, 3.8) is 0 Å². The third-order valence-corrected chi connectivity index (χ3v) is 12.7. The number of fused-ring (bicyclic) bond motifs is 10. The van der Waals surface area contributed by atoms with Gasteiger partial charge in [-0.3, -0.25) is 0 Å². The van der Waals surface area contributed by atoms with Crippen molar-refractivity contribution in [2.45, 2.75) is 0 Å². The van der Waals surface area contributed by atoms with E-state index in [4.69, 9.17) is 27.6 Å². The molecule has 0 saturated carbocycles. The largest absolute Gasteiger partial charge is 0.526 e. The fourth-order valence-electron chi connectivity index (χ4n) is 9.48. The van der Waals surface area contributed by atoms with Crippen LogP contribution in [0.15, 0.2) is 199 Å². The lowest BCUT2D eigenvalue weighted by Gasteiger charge is -2.26. The van der Waals surface area contributed by atoms with Crippen molar-refractivity contribution in [2.75, 3.05) is 4.90 Å². The first-order valence-electron chi connectivity index (χ1n) is 20.7. The van der Waals surface area contributed by atoms with Crippen molar-refractivity contribution >= 4 is 118 Å². The lowest BCUT2D eigenvalue weighted by Crippen LogP contribution is -2.27. The van der Waals surface area contributed by atoms with Crippen LogP contribution in [0.1, 0.15) is 0 Å². The Hall–Kier alpha value is -7.26. The smallest absolute Gasteiger partial charge is 0.465 e. The number of aromatic nitrogens is 2. The van der Waals surface area contributed by atoms with Gasteiger partial charge in [0.15, 0.2) is 0 Å². The third kappa shape index (κ3) is 6.12. The van der Waals surface area contributed by atoms with Gasteiger partial charge in [0.1, 0.15) is 11.2 Å². The van der Waals surface area contributed by atoms with Gasteiger partial charge in [-0.25, -0.2) is 0 Å². The number of para-hydroxylation sites is 2. The summed E-state index contributed by atoms with van der Waals surface area (Å²) in [5, 5.41) is 28.7. The van der Waals surface area contributed by atoms with E-state index in [2.05, 4.69) is 147 Å². The molecule has 3 aromatic heterocycles. The van der Waals surface area contributed by atoms with Crippen LogP contribution in [0.2, 0.25) is 10.0 Å². The van der Waals surface area contributed by atoms with Gasteiger partial charge in [0, 0.05) is 71.5 Å². The van der Waals surface area contributed by atoms with Crippen LogP contribution in [0.3, 0.4) is 0 Å². The maximum absolute atomic E-state index is 9.75. The minimum absolute atomic E-state index is 0.104. The van der Waals surface area contributed by atoms with Gasteiger partial charge >= 0.3 is 7.12 Å². The highest BCUT2D eigenvalue weighted by Gasteiger charge is 2.22. The highest BCUT2D eigenvalue weighted by Crippen LogP contribution is 2.44. The summed E-state index contributed by atoms with van der Waals surface area (Å²) in [4.78, 5) is 2.17. The van der Waals surface area contributed by atoms with Crippen LogP contribution in [0.4, 0.5) is 17.1 Å². The lowest BCUT2D eigenvalue weighted by atomic mass is 9.88. The third-order valence-electron chi connectivity index (χ3n) is 12.2. The molecule has 0 fully saturated rings. The number of benzene rings is 9. The predicted molar refractivity (Wildman–Crippen MR) is 262 cm³/mol. The standard InChI is InChI=1S/C54H34BCl2N3O3/c56-36-17-22-45-49(30-36)59(39-11-5-2-6-12-39)47-26-24-44-43(53(45)47)25-27-48-54(44)46-23-18-37(57)31-50(46)60(48)40-19-14-33(15-20-40)34-8-7-13-41(28-34)58(38-9-3-1-4-10-38)42-21-16-35-29-52(55(61)62)63-51(35)32-42/h1-32,61-62H. The molecule has 0 bridgehead atoms. The average Bonchev–Trinajstić information content (AvgIpc) is 4.00. The maximum atomic E-state index is 9.75. The molecule has 12 rings (SSSR count).